The Morgan fingerprint density at radius 3 is 2.72 bits per heavy atom. The number of esters is 1. The van der Waals surface area contributed by atoms with Gasteiger partial charge in [0.2, 0.25) is 0 Å². The van der Waals surface area contributed by atoms with Crippen LogP contribution in [-0.4, -0.2) is 17.7 Å². The Labute approximate surface area is 118 Å². The van der Waals surface area contributed by atoms with Crippen molar-refractivity contribution in [1.82, 2.24) is 0 Å². The number of carbonyl (C=O) groups is 2. The van der Waals surface area contributed by atoms with Crippen LogP contribution in [0.25, 0.3) is 0 Å². The van der Waals surface area contributed by atoms with Gasteiger partial charge in [-0.2, -0.15) is 0 Å². The van der Waals surface area contributed by atoms with Crippen LogP contribution in [0.2, 0.25) is 0 Å². The van der Waals surface area contributed by atoms with E-state index in [0.29, 0.717) is 18.6 Å². The largest absolute Gasteiger partial charge is 0.462 e. The minimum absolute atomic E-state index is 0.0533. The van der Waals surface area contributed by atoms with E-state index in [9.17, 15) is 9.59 Å². The Bertz CT molecular complexity index is 493. The summed E-state index contributed by atoms with van der Waals surface area (Å²) in [5, 5.41) is -0.0533. The van der Waals surface area contributed by atoms with Crippen molar-refractivity contribution in [2.24, 2.45) is 0 Å². The normalized spacial score (nSPS) is 14.9. The van der Waals surface area contributed by atoms with Crippen LogP contribution in [-0.2, 0) is 14.3 Å². The van der Waals surface area contributed by atoms with Crippen molar-refractivity contribution < 1.29 is 14.3 Å². The maximum absolute atomic E-state index is 11.8. The highest BCUT2D eigenvalue weighted by molar-refractivity contribution is 9.10. The molecule has 2 rings (SSSR count). The quantitative estimate of drug-likeness (QED) is 0.631. The van der Waals surface area contributed by atoms with Gasteiger partial charge in [0.15, 0.2) is 5.12 Å². The molecule has 0 N–H and O–H groups in total. The molecule has 18 heavy (non-hydrogen) atoms. The van der Waals surface area contributed by atoms with Gasteiger partial charge in [-0.25, -0.2) is 4.79 Å². The Balaban J connectivity index is 1.94. The van der Waals surface area contributed by atoms with Gasteiger partial charge in [0.05, 0.1) is 6.61 Å². The first-order valence-corrected chi connectivity index (χ1v) is 7.08. The summed E-state index contributed by atoms with van der Waals surface area (Å²) in [6, 6.07) is 7.48. The fraction of sp³-hybridized carbons (Fsp3) is 0.231. The van der Waals surface area contributed by atoms with Crippen molar-refractivity contribution in [3.05, 3.63) is 40.4 Å². The number of halogens is 1. The van der Waals surface area contributed by atoms with Crippen LogP contribution < -0.4 is 0 Å². The number of cyclic esters (lactones) is 1. The summed E-state index contributed by atoms with van der Waals surface area (Å²) in [6.45, 7) is 0.413. The standard InChI is InChI=1S/C13H11BrO3S/c14-10-3-5-11(6-4-10)18-12(15)8-9-2-1-7-17-13(9)16/h2-6H,1,7-8H2. The van der Waals surface area contributed by atoms with E-state index in [1.807, 2.05) is 24.3 Å². The summed E-state index contributed by atoms with van der Waals surface area (Å²) >= 11 is 4.47. The molecular weight excluding hydrogens is 316 g/mol. The lowest BCUT2D eigenvalue weighted by Crippen LogP contribution is -2.15. The molecule has 0 aliphatic carbocycles. The van der Waals surface area contributed by atoms with Crippen LogP contribution in [0.3, 0.4) is 0 Å². The van der Waals surface area contributed by atoms with Crippen molar-refractivity contribution in [2.75, 3.05) is 6.61 Å². The van der Waals surface area contributed by atoms with Crippen molar-refractivity contribution in [2.45, 2.75) is 17.7 Å². The smallest absolute Gasteiger partial charge is 0.334 e. The fourth-order valence-corrected chi connectivity index (χ4v) is 2.56. The van der Waals surface area contributed by atoms with Gasteiger partial charge in [-0.3, -0.25) is 4.79 Å². The second kappa shape index (κ2) is 6.20. The van der Waals surface area contributed by atoms with Crippen LogP contribution in [0.1, 0.15) is 12.8 Å². The van der Waals surface area contributed by atoms with E-state index >= 15 is 0 Å². The molecule has 3 nitrogen and oxygen atoms in total. The van der Waals surface area contributed by atoms with E-state index in [1.165, 1.54) is 0 Å². The van der Waals surface area contributed by atoms with Crippen molar-refractivity contribution in [1.29, 1.82) is 0 Å². The predicted octanol–water partition coefficient (Wildman–Crippen LogP) is 3.33. The second-order valence-electron chi connectivity index (χ2n) is 3.76. The molecule has 0 atom stereocenters. The number of benzene rings is 1. The first kappa shape index (κ1) is 13.4. The topological polar surface area (TPSA) is 43.4 Å². The van der Waals surface area contributed by atoms with E-state index in [-0.39, 0.29) is 17.5 Å². The molecule has 0 radical (unpaired) electrons. The van der Waals surface area contributed by atoms with Crippen molar-refractivity contribution >= 4 is 38.8 Å². The molecule has 1 aromatic rings. The number of hydrogen-bond donors (Lipinski definition) is 0. The van der Waals surface area contributed by atoms with Crippen LogP contribution in [0.5, 0.6) is 0 Å². The average Bonchev–Trinajstić information content (AvgIpc) is 2.35. The molecule has 94 valence electrons. The molecule has 0 saturated heterocycles. The zero-order valence-electron chi connectivity index (χ0n) is 9.52. The van der Waals surface area contributed by atoms with Crippen molar-refractivity contribution in [3.8, 4) is 0 Å². The predicted molar refractivity (Wildman–Crippen MR) is 73.3 cm³/mol. The molecule has 1 aromatic carbocycles. The van der Waals surface area contributed by atoms with Crippen molar-refractivity contribution in [3.63, 3.8) is 0 Å². The molecule has 0 aromatic heterocycles. The van der Waals surface area contributed by atoms with Gasteiger partial charge in [0.1, 0.15) is 0 Å². The Morgan fingerprint density at radius 2 is 2.06 bits per heavy atom. The molecule has 1 aliphatic heterocycles. The molecule has 0 saturated carbocycles. The van der Waals surface area contributed by atoms with E-state index in [2.05, 4.69) is 15.9 Å². The summed E-state index contributed by atoms with van der Waals surface area (Å²) in [7, 11) is 0. The highest BCUT2D eigenvalue weighted by atomic mass is 79.9. The van der Waals surface area contributed by atoms with Gasteiger partial charge < -0.3 is 4.74 Å². The van der Waals surface area contributed by atoms with E-state index in [1.54, 1.807) is 6.08 Å². The van der Waals surface area contributed by atoms with Gasteiger partial charge in [-0.1, -0.05) is 33.8 Å². The average molecular weight is 327 g/mol. The summed E-state index contributed by atoms with van der Waals surface area (Å²) < 4.78 is 5.85. The lowest BCUT2D eigenvalue weighted by molar-refractivity contribution is -0.140. The molecule has 0 unspecified atom stereocenters. The molecule has 0 amide bonds. The van der Waals surface area contributed by atoms with Gasteiger partial charge in [-0.05, 0) is 24.3 Å². The third-order valence-corrected chi connectivity index (χ3v) is 3.79. The maximum atomic E-state index is 11.8. The van der Waals surface area contributed by atoms with Crippen LogP contribution in [0.15, 0.2) is 45.3 Å². The Kier molecular flexibility index (Phi) is 4.60. The van der Waals surface area contributed by atoms with Crippen LogP contribution in [0, 0.1) is 0 Å². The molecule has 1 heterocycles. The highest BCUT2D eigenvalue weighted by Gasteiger charge is 2.18. The summed E-state index contributed by atoms with van der Waals surface area (Å²) in [4.78, 5) is 24.1. The lowest BCUT2D eigenvalue weighted by Gasteiger charge is -2.11. The minimum Gasteiger partial charge on any atom is -0.462 e. The van der Waals surface area contributed by atoms with E-state index < -0.39 is 0 Å². The molecule has 5 heteroatoms. The van der Waals surface area contributed by atoms with Gasteiger partial charge in [-0.15, -0.1) is 0 Å². The minimum atomic E-state index is -0.369. The van der Waals surface area contributed by atoms with Gasteiger partial charge >= 0.3 is 5.97 Å². The van der Waals surface area contributed by atoms with Crippen LogP contribution in [0.4, 0.5) is 0 Å². The molecular formula is C13H11BrO3S. The molecule has 0 bridgehead atoms. The fourth-order valence-electron chi connectivity index (χ4n) is 1.53. The number of thioether (sulfide) groups is 1. The Morgan fingerprint density at radius 1 is 1.33 bits per heavy atom. The van der Waals surface area contributed by atoms with Crippen LogP contribution >= 0.6 is 27.7 Å². The van der Waals surface area contributed by atoms with E-state index in [0.717, 1.165) is 21.1 Å². The maximum Gasteiger partial charge on any atom is 0.334 e. The second-order valence-corrected chi connectivity index (χ2v) is 5.81. The first-order valence-electron chi connectivity index (χ1n) is 5.47. The SMILES string of the molecule is O=C(CC1=CCCOC1=O)Sc1ccc(Br)cc1. The highest BCUT2D eigenvalue weighted by Crippen LogP contribution is 2.24. The third-order valence-electron chi connectivity index (χ3n) is 2.38. The zero-order valence-corrected chi connectivity index (χ0v) is 11.9. The summed E-state index contributed by atoms with van der Waals surface area (Å²) in [5.41, 5.74) is 0.468. The number of ether oxygens (including phenoxy) is 1. The molecule has 0 spiro atoms. The van der Waals surface area contributed by atoms with Gasteiger partial charge in [0.25, 0.3) is 0 Å². The van der Waals surface area contributed by atoms with E-state index in [4.69, 9.17) is 4.74 Å². The summed E-state index contributed by atoms with van der Waals surface area (Å²) in [5.74, 6) is -0.369. The third kappa shape index (κ3) is 3.71. The Hall–Kier alpha value is -1.07. The molecule has 1 aliphatic rings. The summed E-state index contributed by atoms with van der Waals surface area (Å²) in [6.07, 6.45) is 2.60. The first-order chi connectivity index (χ1) is 8.65. The monoisotopic (exact) mass is 326 g/mol. The number of rotatable bonds is 3. The molecule has 0 fully saturated rings. The lowest BCUT2D eigenvalue weighted by atomic mass is 10.1. The number of carbonyl (C=O) groups excluding carboxylic acids is 2. The van der Waals surface area contributed by atoms with Gasteiger partial charge in [0, 0.05) is 27.8 Å². The number of hydrogen-bond acceptors (Lipinski definition) is 4. The zero-order chi connectivity index (χ0) is 13.0.